The molecule has 0 aliphatic carbocycles. The van der Waals surface area contributed by atoms with Crippen LogP contribution in [0.1, 0.15) is 37.8 Å². The van der Waals surface area contributed by atoms with Gasteiger partial charge in [-0.05, 0) is 44.9 Å². The Hall–Kier alpha value is -1.07. The Morgan fingerprint density at radius 1 is 1.45 bits per heavy atom. The number of ether oxygens (including phenoxy) is 1. The number of amides is 1. The lowest BCUT2D eigenvalue weighted by atomic mass is 9.98. The summed E-state index contributed by atoms with van der Waals surface area (Å²) < 4.78 is 6.26. The van der Waals surface area contributed by atoms with E-state index in [0.29, 0.717) is 13.1 Å². The van der Waals surface area contributed by atoms with Crippen LogP contribution in [-0.2, 0) is 4.74 Å². The maximum absolute atomic E-state index is 11.6. The lowest BCUT2D eigenvalue weighted by molar-refractivity contribution is 0.0525. The SMILES string of the molecule is Cc1ccc(C(CN)CNC(=O)OC(C)(C)C)cc1Br. The van der Waals surface area contributed by atoms with Crippen molar-refractivity contribution in [1.82, 2.24) is 5.32 Å². The summed E-state index contributed by atoms with van der Waals surface area (Å²) in [4.78, 5) is 11.6. The maximum atomic E-state index is 11.6. The van der Waals surface area contributed by atoms with Gasteiger partial charge in [-0.3, -0.25) is 0 Å². The second kappa shape index (κ2) is 7.09. The van der Waals surface area contributed by atoms with Crippen molar-refractivity contribution in [3.8, 4) is 0 Å². The Kier molecular flexibility index (Phi) is 6.02. The fourth-order valence-corrected chi connectivity index (χ4v) is 2.12. The van der Waals surface area contributed by atoms with E-state index in [9.17, 15) is 4.79 Å². The zero-order chi connectivity index (χ0) is 15.3. The van der Waals surface area contributed by atoms with E-state index in [4.69, 9.17) is 10.5 Å². The Bertz CT molecular complexity index is 469. The van der Waals surface area contributed by atoms with E-state index < -0.39 is 11.7 Å². The van der Waals surface area contributed by atoms with Crippen molar-refractivity contribution in [1.29, 1.82) is 0 Å². The van der Waals surface area contributed by atoms with Crippen molar-refractivity contribution in [2.75, 3.05) is 13.1 Å². The number of aryl methyl sites for hydroxylation is 1. The van der Waals surface area contributed by atoms with Gasteiger partial charge < -0.3 is 15.8 Å². The second-order valence-corrected chi connectivity index (χ2v) is 6.68. The number of hydrogen-bond acceptors (Lipinski definition) is 3. The monoisotopic (exact) mass is 342 g/mol. The number of carbonyl (C=O) groups excluding carboxylic acids is 1. The molecule has 1 aromatic carbocycles. The molecule has 0 saturated heterocycles. The molecule has 3 N–H and O–H groups in total. The minimum atomic E-state index is -0.491. The van der Waals surface area contributed by atoms with Crippen LogP contribution in [0.25, 0.3) is 0 Å². The summed E-state index contributed by atoms with van der Waals surface area (Å²) in [6, 6.07) is 6.12. The van der Waals surface area contributed by atoms with Crippen molar-refractivity contribution in [3.63, 3.8) is 0 Å². The molecule has 4 nitrogen and oxygen atoms in total. The average molecular weight is 343 g/mol. The van der Waals surface area contributed by atoms with Crippen molar-refractivity contribution in [2.45, 2.75) is 39.2 Å². The number of carbonyl (C=O) groups is 1. The highest BCUT2D eigenvalue weighted by Gasteiger charge is 2.18. The van der Waals surface area contributed by atoms with Crippen molar-refractivity contribution in [3.05, 3.63) is 33.8 Å². The van der Waals surface area contributed by atoms with E-state index in [1.54, 1.807) is 0 Å². The molecule has 1 amide bonds. The Labute approximate surface area is 129 Å². The first-order chi connectivity index (χ1) is 9.23. The highest BCUT2D eigenvalue weighted by Crippen LogP contribution is 2.22. The number of rotatable bonds is 4. The van der Waals surface area contributed by atoms with E-state index in [1.165, 1.54) is 5.56 Å². The van der Waals surface area contributed by atoms with Crippen LogP contribution in [0.3, 0.4) is 0 Å². The van der Waals surface area contributed by atoms with Crippen LogP contribution in [0.15, 0.2) is 22.7 Å². The summed E-state index contributed by atoms with van der Waals surface area (Å²) in [5.74, 6) is 0.0689. The molecule has 1 atom stereocenters. The van der Waals surface area contributed by atoms with Gasteiger partial charge in [-0.25, -0.2) is 4.79 Å². The topological polar surface area (TPSA) is 64.3 Å². The molecule has 0 spiro atoms. The summed E-state index contributed by atoms with van der Waals surface area (Å²) in [7, 11) is 0. The van der Waals surface area contributed by atoms with Crippen molar-refractivity contribution < 1.29 is 9.53 Å². The minimum absolute atomic E-state index is 0.0689. The maximum Gasteiger partial charge on any atom is 0.407 e. The summed E-state index contributed by atoms with van der Waals surface area (Å²) in [6.45, 7) is 8.47. The third-order valence-electron chi connectivity index (χ3n) is 2.84. The quantitative estimate of drug-likeness (QED) is 0.881. The van der Waals surface area contributed by atoms with Crippen LogP contribution in [0, 0.1) is 6.92 Å². The van der Waals surface area contributed by atoms with Gasteiger partial charge in [-0.1, -0.05) is 28.1 Å². The summed E-state index contributed by atoms with van der Waals surface area (Å²) in [6.07, 6.45) is -0.415. The average Bonchev–Trinajstić information content (AvgIpc) is 2.32. The summed E-state index contributed by atoms with van der Waals surface area (Å²) in [5.41, 5.74) is 7.58. The lowest BCUT2D eigenvalue weighted by Crippen LogP contribution is -2.36. The van der Waals surface area contributed by atoms with Gasteiger partial charge in [0.15, 0.2) is 0 Å². The van der Waals surface area contributed by atoms with Gasteiger partial charge in [0.05, 0.1) is 0 Å². The van der Waals surface area contributed by atoms with Gasteiger partial charge in [-0.2, -0.15) is 0 Å². The van der Waals surface area contributed by atoms with Gasteiger partial charge in [0.1, 0.15) is 5.60 Å². The zero-order valence-corrected chi connectivity index (χ0v) is 14.1. The van der Waals surface area contributed by atoms with E-state index in [-0.39, 0.29) is 5.92 Å². The van der Waals surface area contributed by atoms with Crippen molar-refractivity contribution in [2.24, 2.45) is 5.73 Å². The molecule has 112 valence electrons. The van der Waals surface area contributed by atoms with Crippen LogP contribution in [-0.4, -0.2) is 24.8 Å². The molecule has 0 bridgehead atoms. The number of nitrogens with two attached hydrogens (primary N) is 1. The molecular formula is C15H23BrN2O2. The number of hydrogen-bond donors (Lipinski definition) is 2. The number of alkyl carbamates (subject to hydrolysis) is 1. The summed E-state index contributed by atoms with van der Waals surface area (Å²) in [5, 5.41) is 2.77. The van der Waals surface area contributed by atoms with Gasteiger partial charge in [0.25, 0.3) is 0 Å². The van der Waals surface area contributed by atoms with Gasteiger partial charge in [-0.15, -0.1) is 0 Å². The minimum Gasteiger partial charge on any atom is -0.444 e. The zero-order valence-electron chi connectivity index (χ0n) is 12.5. The molecule has 20 heavy (non-hydrogen) atoms. The van der Waals surface area contributed by atoms with E-state index >= 15 is 0 Å². The molecule has 1 aromatic rings. The standard InChI is InChI=1S/C15H23BrN2O2/c1-10-5-6-11(7-13(10)16)12(8-17)9-18-14(19)20-15(2,3)4/h5-7,12H,8-9,17H2,1-4H3,(H,18,19). The largest absolute Gasteiger partial charge is 0.444 e. The van der Waals surface area contributed by atoms with Crippen LogP contribution in [0.2, 0.25) is 0 Å². The predicted molar refractivity (Wildman–Crippen MR) is 84.9 cm³/mol. The van der Waals surface area contributed by atoms with E-state index in [0.717, 1.165) is 10.0 Å². The van der Waals surface area contributed by atoms with Crippen LogP contribution in [0.4, 0.5) is 4.79 Å². The molecule has 0 aliphatic rings. The number of benzene rings is 1. The smallest absolute Gasteiger partial charge is 0.407 e. The molecule has 0 aliphatic heterocycles. The number of halogens is 1. The second-order valence-electron chi connectivity index (χ2n) is 5.82. The molecule has 0 radical (unpaired) electrons. The molecule has 0 fully saturated rings. The summed E-state index contributed by atoms with van der Waals surface area (Å²) >= 11 is 3.51. The highest BCUT2D eigenvalue weighted by molar-refractivity contribution is 9.10. The van der Waals surface area contributed by atoms with E-state index in [2.05, 4.69) is 21.2 Å². The van der Waals surface area contributed by atoms with E-state index in [1.807, 2.05) is 45.9 Å². The number of nitrogens with one attached hydrogen (secondary N) is 1. The normalized spacial score (nSPS) is 12.9. The fourth-order valence-electron chi connectivity index (χ4n) is 1.72. The van der Waals surface area contributed by atoms with Crippen LogP contribution < -0.4 is 11.1 Å². The third kappa shape index (κ3) is 5.51. The van der Waals surface area contributed by atoms with Gasteiger partial charge in [0.2, 0.25) is 0 Å². The van der Waals surface area contributed by atoms with Gasteiger partial charge >= 0.3 is 6.09 Å². The Balaban J connectivity index is 2.63. The molecule has 0 saturated carbocycles. The first-order valence-electron chi connectivity index (χ1n) is 6.66. The fraction of sp³-hybridized carbons (Fsp3) is 0.533. The molecule has 0 aromatic heterocycles. The molecular weight excluding hydrogens is 320 g/mol. The molecule has 1 unspecified atom stereocenters. The molecule has 0 heterocycles. The predicted octanol–water partition coefficient (Wildman–Crippen LogP) is 3.32. The van der Waals surface area contributed by atoms with Crippen LogP contribution in [0.5, 0.6) is 0 Å². The third-order valence-corrected chi connectivity index (χ3v) is 3.70. The van der Waals surface area contributed by atoms with Crippen LogP contribution >= 0.6 is 15.9 Å². The first-order valence-corrected chi connectivity index (χ1v) is 7.45. The lowest BCUT2D eigenvalue weighted by Gasteiger charge is -2.22. The molecule has 5 heteroatoms. The first kappa shape index (κ1) is 17.0. The molecule has 1 rings (SSSR count). The van der Waals surface area contributed by atoms with Gasteiger partial charge in [0, 0.05) is 23.5 Å². The Morgan fingerprint density at radius 3 is 2.60 bits per heavy atom. The Morgan fingerprint density at radius 2 is 2.10 bits per heavy atom. The highest BCUT2D eigenvalue weighted by atomic mass is 79.9. The van der Waals surface area contributed by atoms with Crippen molar-refractivity contribution >= 4 is 22.0 Å².